The number of nitro groups is 1. The van der Waals surface area contributed by atoms with E-state index in [0.29, 0.717) is 37.2 Å². The number of hydrogen-bond acceptors (Lipinski definition) is 11. The monoisotopic (exact) mass is 855 g/mol. The summed E-state index contributed by atoms with van der Waals surface area (Å²) in [6, 6.07) is 30.0. The molecule has 0 bridgehead atoms. The standard InChI is InChI=1S/C47H49N7O7S/c55-47(51-62(58,59)37-14-16-42(44(29-37)54(56)57)49-30-32-18-25-60-26-19-32)41-15-13-35(28-45(41)61-36-27-34-17-20-48-46(34)50-31-36)52-21-23-53(24-22-52)43-12-5-4-9-39-38(10-6-11-40(39)43)33-7-2-1-3-8-33/h1-3,6-8,10-11,13-17,20,27-29,31-32,43,49H,4-5,9,12,18-19,21-26,30H2,(H,48,50)(H,51,55). The van der Waals surface area contributed by atoms with E-state index < -0.39 is 31.4 Å². The molecule has 0 saturated carbocycles. The van der Waals surface area contributed by atoms with Gasteiger partial charge in [0.25, 0.3) is 21.6 Å². The van der Waals surface area contributed by atoms with Gasteiger partial charge in [-0.1, -0.05) is 55.0 Å². The molecule has 0 spiro atoms. The number of pyridine rings is 1. The second kappa shape index (κ2) is 18.0. The maximum Gasteiger partial charge on any atom is 0.293 e. The Kier molecular flexibility index (Phi) is 11.9. The summed E-state index contributed by atoms with van der Waals surface area (Å²) in [5, 5.41) is 16.0. The Morgan fingerprint density at radius 2 is 1.74 bits per heavy atom. The summed E-state index contributed by atoms with van der Waals surface area (Å²) >= 11 is 0. The number of fused-ring (bicyclic) bond motifs is 2. The molecule has 320 valence electrons. The molecule has 3 aliphatic rings. The minimum absolute atomic E-state index is 0.0290. The number of nitro benzene ring substituents is 1. The highest BCUT2D eigenvalue weighted by Gasteiger charge is 2.31. The molecule has 1 unspecified atom stereocenters. The molecule has 2 fully saturated rings. The number of amides is 1. The van der Waals surface area contributed by atoms with Crippen molar-refractivity contribution in [2.45, 2.75) is 49.5 Å². The minimum atomic E-state index is -4.55. The van der Waals surface area contributed by atoms with E-state index in [1.807, 2.05) is 6.07 Å². The van der Waals surface area contributed by atoms with Gasteiger partial charge in [0, 0.05) is 81.4 Å². The summed E-state index contributed by atoms with van der Waals surface area (Å²) in [7, 11) is -4.55. The van der Waals surface area contributed by atoms with Crippen LogP contribution in [-0.2, 0) is 21.2 Å². The first kappa shape index (κ1) is 41.1. The highest BCUT2D eigenvalue weighted by Crippen LogP contribution is 2.40. The molecule has 9 rings (SSSR count). The number of aromatic nitrogens is 2. The third-order valence-electron chi connectivity index (χ3n) is 12.4. The van der Waals surface area contributed by atoms with Crippen LogP contribution in [0.5, 0.6) is 11.5 Å². The molecular formula is C47H49N7O7S. The Bertz CT molecular complexity index is 2690. The fourth-order valence-electron chi connectivity index (χ4n) is 9.05. The van der Waals surface area contributed by atoms with Crippen LogP contribution in [0, 0.1) is 16.0 Å². The zero-order valence-electron chi connectivity index (χ0n) is 34.3. The van der Waals surface area contributed by atoms with E-state index in [9.17, 15) is 23.3 Å². The molecule has 4 heterocycles. The van der Waals surface area contributed by atoms with Gasteiger partial charge in [-0.15, -0.1) is 0 Å². The van der Waals surface area contributed by atoms with Gasteiger partial charge >= 0.3 is 0 Å². The van der Waals surface area contributed by atoms with Gasteiger partial charge in [-0.05, 0) is 96.7 Å². The second-order valence-electron chi connectivity index (χ2n) is 16.2. The number of ether oxygens (including phenoxy) is 2. The van der Waals surface area contributed by atoms with E-state index >= 15 is 0 Å². The number of carbonyl (C=O) groups is 1. The zero-order valence-corrected chi connectivity index (χ0v) is 35.1. The van der Waals surface area contributed by atoms with E-state index in [1.165, 1.54) is 40.6 Å². The quantitative estimate of drug-likeness (QED) is 0.0613. The average Bonchev–Trinajstić information content (AvgIpc) is 3.66. The smallest absolute Gasteiger partial charge is 0.293 e. The molecule has 0 radical (unpaired) electrons. The summed E-state index contributed by atoms with van der Waals surface area (Å²) in [4.78, 5) is 37.3. The summed E-state index contributed by atoms with van der Waals surface area (Å²) in [5.41, 5.74) is 6.67. The molecule has 6 aromatic rings. The van der Waals surface area contributed by atoms with Crippen molar-refractivity contribution in [2.24, 2.45) is 5.92 Å². The van der Waals surface area contributed by atoms with E-state index in [0.717, 1.165) is 81.8 Å². The van der Waals surface area contributed by atoms with Crippen molar-refractivity contribution >= 4 is 44.0 Å². The maximum atomic E-state index is 14.0. The van der Waals surface area contributed by atoms with Crippen LogP contribution in [0.3, 0.4) is 0 Å². The lowest BCUT2D eigenvalue weighted by Crippen LogP contribution is -2.47. The van der Waals surface area contributed by atoms with Crippen molar-refractivity contribution in [3.05, 3.63) is 136 Å². The average molecular weight is 856 g/mol. The maximum absolute atomic E-state index is 14.0. The lowest BCUT2D eigenvalue weighted by Gasteiger charge is -2.41. The van der Waals surface area contributed by atoms with Gasteiger partial charge in [0.1, 0.15) is 22.8 Å². The first-order valence-electron chi connectivity index (χ1n) is 21.3. The summed E-state index contributed by atoms with van der Waals surface area (Å²) in [5.74, 6) is -0.174. The van der Waals surface area contributed by atoms with Gasteiger partial charge in [-0.2, -0.15) is 0 Å². The van der Waals surface area contributed by atoms with Crippen LogP contribution >= 0.6 is 0 Å². The predicted octanol–water partition coefficient (Wildman–Crippen LogP) is 8.48. The van der Waals surface area contributed by atoms with Gasteiger partial charge < -0.3 is 24.7 Å². The fraction of sp³-hybridized carbons (Fsp3) is 0.319. The van der Waals surface area contributed by atoms with E-state index in [2.05, 4.69) is 78.3 Å². The largest absolute Gasteiger partial charge is 0.455 e. The molecule has 14 nitrogen and oxygen atoms in total. The highest BCUT2D eigenvalue weighted by molar-refractivity contribution is 7.90. The van der Waals surface area contributed by atoms with Crippen LogP contribution < -0.4 is 19.7 Å². The van der Waals surface area contributed by atoms with Gasteiger partial charge in [0.2, 0.25) is 0 Å². The molecule has 3 N–H and O–H groups in total. The number of aromatic amines is 1. The van der Waals surface area contributed by atoms with Crippen molar-refractivity contribution in [3.63, 3.8) is 0 Å². The van der Waals surface area contributed by atoms with Crippen molar-refractivity contribution < 1.29 is 27.6 Å². The molecule has 2 aliphatic heterocycles. The van der Waals surface area contributed by atoms with Crippen molar-refractivity contribution in [1.82, 2.24) is 19.6 Å². The predicted molar refractivity (Wildman–Crippen MR) is 238 cm³/mol. The highest BCUT2D eigenvalue weighted by atomic mass is 32.2. The van der Waals surface area contributed by atoms with Crippen molar-refractivity contribution in [2.75, 3.05) is 56.2 Å². The number of piperazine rings is 1. The zero-order chi connectivity index (χ0) is 42.6. The van der Waals surface area contributed by atoms with Gasteiger partial charge in [-0.3, -0.25) is 19.8 Å². The third-order valence-corrected chi connectivity index (χ3v) is 13.7. The number of anilines is 2. The van der Waals surface area contributed by atoms with Crippen LogP contribution in [0.4, 0.5) is 17.1 Å². The first-order chi connectivity index (χ1) is 30.2. The molecule has 2 saturated heterocycles. The van der Waals surface area contributed by atoms with Crippen LogP contribution in [0.15, 0.2) is 114 Å². The number of H-pyrrole nitrogens is 1. The first-order valence-corrected chi connectivity index (χ1v) is 22.8. The molecule has 1 aliphatic carbocycles. The number of hydrogen-bond donors (Lipinski definition) is 3. The van der Waals surface area contributed by atoms with Crippen LogP contribution in [-0.4, -0.2) is 80.1 Å². The lowest BCUT2D eigenvalue weighted by atomic mass is 9.90. The van der Waals surface area contributed by atoms with Gasteiger partial charge in [-0.25, -0.2) is 18.1 Å². The summed E-state index contributed by atoms with van der Waals surface area (Å²) < 4.78 is 41.3. The molecule has 15 heteroatoms. The molecular weight excluding hydrogens is 807 g/mol. The van der Waals surface area contributed by atoms with Crippen molar-refractivity contribution in [1.29, 1.82) is 0 Å². The number of benzene rings is 4. The molecule has 62 heavy (non-hydrogen) atoms. The molecule has 1 amide bonds. The SMILES string of the molecule is O=C(NS(=O)(=O)c1ccc(NCC2CCOCC2)c([N+](=O)[O-])c1)c1ccc(N2CCN(C3CCCCc4c(-c5ccccc5)cccc43)CC2)cc1Oc1cnc2[nH]ccc2c1. The van der Waals surface area contributed by atoms with E-state index in [-0.39, 0.29) is 22.9 Å². The Morgan fingerprint density at radius 1 is 0.919 bits per heavy atom. The lowest BCUT2D eigenvalue weighted by molar-refractivity contribution is -0.384. The van der Waals surface area contributed by atoms with Gasteiger partial charge in [0.15, 0.2) is 0 Å². The minimum Gasteiger partial charge on any atom is -0.455 e. The van der Waals surface area contributed by atoms with Crippen molar-refractivity contribution in [3.8, 4) is 22.6 Å². The van der Waals surface area contributed by atoms with E-state index in [1.54, 1.807) is 30.5 Å². The summed E-state index contributed by atoms with van der Waals surface area (Å²) in [6.07, 6.45) is 9.43. The molecule has 1 atom stereocenters. The number of carbonyl (C=O) groups excluding carboxylic acids is 1. The number of sulfonamides is 1. The second-order valence-corrected chi connectivity index (χ2v) is 17.9. The van der Waals surface area contributed by atoms with E-state index in [4.69, 9.17) is 9.47 Å². The topological polar surface area (TPSA) is 172 Å². The fourth-order valence-corrected chi connectivity index (χ4v) is 10.0. The van der Waals surface area contributed by atoms with Crippen LogP contribution in [0.1, 0.15) is 59.6 Å². The Hall–Kier alpha value is -6.29. The number of rotatable bonds is 12. The number of nitrogens with one attached hydrogen (secondary N) is 3. The Morgan fingerprint density at radius 3 is 2.55 bits per heavy atom. The molecule has 4 aromatic carbocycles. The van der Waals surface area contributed by atoms with Gasteiger partial charge in [0.05, 0.1) is 21.6 Å². The summed E-state index contributed by atoms with van der Waals surface area (Å²) in [6.45, 7) is 4.88. The Labute approximate surface area is 360 Å². The third kappa shape index (κ3) is 8.87. The Balaban J connectivity index is 0.946. The molecule has 2 aromatic heterocycles. The van der Waals surface area contributed by atoms with Crippen LogP contribution in [0.2, 0.25) is 0 Å². The normalized spacial score (nSPS) is 17.5. The van der Waals surface area contributed by atoms with Crippen LogP contribution in [0.25, 0.3) is 22.2 Å². The number of nitrogens with zero attached hydrogens (tertiary/aromatic N) is 4.